The van der Waals surface area contributed by atoms with Crippen LogP contribution in [0.1, 0.15) is 37.1 Å². The van der Waals surface area contributed by atoms with Gasteiger partial charge in [0.05, 0.1) is 12.1 Å². The van der Waals surface area contributed by atoms with Crippen molar-refractivity contribution in [3.05, 3.63) is 64.0 Å². The molecule has 1 fully saturated rings. The topological polar surface area (TPSA) is 76.5 Å². The number of nitrogens with one attached hydrogen (secondary N) is 1. The summed E-state index contributed by atoms with van der Waals surface area (Å²) >= 11 is 0. The standard InChI is InChI=1S/C21H19F2N5O/c22-15-6-5-14-13(10-17(29)27-19(14)18(15)23)11-28-16(7-4-12-2-1-3-12)26-20-21(28)25-9-8-24-20/h5-6,8-10,12H,1-4,7,11H2,(H,27,29). The van der Waals surface area contributed by atoms with Gasteiger partial charge in [-0.15, -0.1) is 0 Å². The average molecular weight is 395 g/mol. The molecule has 3 aromatic heterocycles. The van der Waals surface area contributed by atoms with Gasteiger partial charge in [-0.05, 0) is 30.0 Å². The number of hydrogen-bond acceptors (Lipinski definition) is 4. The van der Waals surface area contributed by atoms with Crippen molar-refractivity contribution < 1.29 is 8.78 Å². The predicted molar refractivity (Wildman–Crippen MR) is 105 cm³/mol. The SMILES string of the molecule is O=c1cc(Cn2c(CCC3CCC3)nc3nccnc32)c2ccc(F)c(F)c2[nH]1. The second-order valence-corrected chi connectivity index (χ2v) is 7.60. The molecule has 0 spiro atoms. The van der Waals surface area contributed by atoms with Gasteiger partial charge in [-0.2, -0.15) is 0 Å². The van der Waals surface area contributed by atoms with Gasteiger partial charge in [-0.3, -0.25) is 4.79 Å². The van der Waals surface area contributed by atoms with Crippen molar-refractivity contribution in [2.24, 2.45) is 5.92 Å². The third kappa shape index (κ3) is 3.18. The van der Waals surface area contributed by atoms with Crippen molar-refractivity contribution >= 4 is 22.2 Å². The Bertz CT molecular complexity index is 1280. The second kappa shape index (κ2) is 7.02. The Hall–Kier alpha value is -3.16. The molecule has 8 heteroatoms. The quantitative estimate of drug-likeness (QED) is 0.559. The minimum absolute atomic E-state index is 0.126. The first-order chi connectivity index (χ1) is 14.1. The summed E-state index contributed by atoms with van der Waals surface area (Å²) in [7, 11) is 0. The van der Waals surface area contributed by atoms with E-state index in [4.69, 9.17) is 0 Å². The molecule has 0 atom stereocenters. The first-order valence-electron chi connectivity index (χ1n) is 9.76. The summed E-state index contributed by atoms with van der Waals surface area (Å²) in [5, 5.41) is 0.458. The van der Waals surface area contributed by atoms with Crippen LogP contribution in [0.5, 0.6) is 0 Å². The van der Waals surface area contributed by atoms with Crippen LogP contribution >= 0.6 is 0 Å². The van der Waals surface area contributed by atoms with E-state index in [0.29, 0.717) is 22.2 Å². The first kappa shape index (κ1) is 17.9. The van der Waals surface area contributed by atoms with Crippen molar-refractivity contribution in [2.45, 2.75) is 38.6 Å². The Labute approximate surface area is 164 Å². The van der Waals surface area contributed by atoms with E-state index in [1.165, 1.54) is 31.4 Å². The molecule has 1 N–H and O–H groups in total. The maximum Gasteiger partial charge on any atom is 0.248 e. The molecule has 1 aliphatic rings. The number of aromatic amines is 1. The molecule has 0 radical (unpaired) electrons. The summed E-state index contributed by atoms with van der Waals surface area (Å²) in [4.78, 5) is 27.9. The monoisotopic (exact) mass is 395 g/mol. The van der Waals surface area contributed by atoms with Gasteiger partial charge in [0.25, 0.3) is 0 Å². The summed E-state index contributed by atoms with van der Waals surface area (Å²) in [5.74, 6) is -0.483. The van der Waals surface area contributed by atoms with Crippen LogP contribution in [0.4, 0.5) is 8.78 Å². The van der Waals surface area contributed by atoms with Crippen molar-refractivity contribution in [3.63, 3.8) is 0 Å². The highest BCUT2D eigenvalue weighted by Crippen LogP contribution is 2.31. The van der Waals surface area contributed by atoms with Crippen LogP contribution in [0.15, 0.2) is 35.4 Å². The fraction of sp³-hybridized carbons (Fsp3) is 0.333. The Morgan fingerprint density at radius 3 is 2.79 bits per heavy atom. The molecule has 3 heterocycles. The second-order valence-electron chi connectivity index (χ2n) is 7.60. The number of pyridine rings is 1. The number of aromatic nitrogens is 5. The zero-order chi connectivity index (χ0) is 20.0. The summed E-state index contributed by atoms with van der Waals surface area (Å²) in [5.41, 5.74) is 1.13. The van der Waals surface area contributed by atoms with Gasteiger partial charge in [0.2, 0.25) is 5.56 Å². The number of nitrogens with zero attached hydrogens (tertiary/aromatic N) is 4. The number of imidazole rings is 1. The fourth-order valence-electron chi connectivity index (χ4n) is 4.01. The lowest BCUT2D eigenvalue weighted by atomic mass is 9.82. The van der Waals surface area contributed by atoms with Crippen molar-refractivity contribution in [1.29, 1.82) is 0 Å². The normalized spacial score (nSPS) is 14.6. The van der Waals surface area contributed by atoms with Crippen molar-refractivity contribution in [1.82, 2.24) is 24.5 Å². The van der Waals surface area contributed by atoms with Gasteiger partial charge >= 0.3 is 0 Å². The van der Waals surface area contributed by atoms with Gasteiger partial charge in [-0.1, -0.05) is 19.3 Å². The zero-order valence-corrected chi connectivity index (χ0v) is 15.7. The lowest BCUT2D eigenvalue weighted by molar-refractivity contribution is 0.294. The molecule has 0 unspecified atom stereocenters. The molecular formula is C21H19F2N5O. The van der Waals surface area contributed by atoms with E-state index in [1.54, 1.807) is 12.4 Å². The Morgan fingerprint density at radius 1 is 1.17 bits per heavy atom. The van der Waals surface area contributed by atoms with E-state index in [1.807, 2.05) is 4.57 Å². The molecule has 148 valence electrons. The number of hydrogen-bond donors (Lipinski definition) is 1. The predicted octanol–water partition coefficient (Wildman–Crippen LogP) is 3.73. The van der Waals surface area contributed by atoms with Crippen LogP contribution in [0.25, 0.3) is 22.2 Å². The molecule has 0 saturated heterocycles. The summed E-state index contributed by atoms with van der Waals surface area (Å²) in [6.07, 6.45) is 8.80. The van der Waals surface area contributed by atoms with Gasteiger partial charge in [0.15, 0.2) is 22.9 Å². The number of halogens is 2. The highest BCUT2D eigenvalue weighted by atomic mass is 19.2. The zero-order valence-electron chi connectivity index (χ0n) is 15.7. The van der Waals surface area contributed by atoms with E-state index in [9.17, 15) is 13.6 Å². The minimum atomic E-state index is -1.05. The Balaban J connectivity index is 1.61. The fourth-order valence-corrected chi connectivity index (χ4v) is 4.01. The summed E-state index contributed by atoms with van der Waals surface area (Å²) in [6.45, 7) is 0.278. The van der Waals surface area contributed by atoms with E-state index in [2.05, 4.69) is 19.9 Å². The minimum Gasteiger partial charge on any atom is -0.319 e. The molecular weight excluding hydrogens is 376 g/mol. The molecule has 4 aromatic rings. The van der Waals surface area contributed by atoms with E-state index >= 15 is 0 Å². The van der Waals surface area contributed by atoms with Crippen molar-refractivity contribution in [2.75, 3.05) is 0 Å². The molecule has 0 amide bonds. The van der Waals surface area contributed by atoms with Crippen LogP contribution in [-0.4, -0.2) is 24.5 Å². The lowest BCUT2D eigenvalue weighted by Gasteiger charge is -2.25. The van der Waals surface area contributed by atoms with Gasteiger partial charge in [-0.25, -0.2) is 23.7 Å². The summed E-state index contributed by atoms with van der Waals surface area (Å²) in [6, 6.07) is 3.97. The summed E-state index contributed by atoms with van der Waals surface area (Å²) < 4.78 is 29.8. The molecule has 29 heavy (non-hydrogen) atoms. The highest BCUT2D eigenvalue weighted by Gasteiger charge is 2.20. The van der Waals surface area contributed by atoms with E-state index < -0.39 is 17.2 Å². The van der Waals surface area contributed by atoms with E-state index in [-0.39, 0.29) is 12.1 Å². The number of H-pyrrole nitrogens is 1. The molecule has 1 aromatic carbocycles. The third-order valence-electron chi connectivity index (χ3n) is 5.79. The van der Waals surface area contributed by atoms with Gasteiger partial charge in [0.1, 0.15) is 5.82 Å². The van der Waals surface area contributed by atoms with Gasteiger partial charge in [0, 0.05) is 30.3 Å². The largest absolute Gasteiger partial charge is 0.319 e. The maximum absolute atomic E-state index is 14.2. The van der Waals surface area contributed by atoms with Crippen molar-refractivity contribution in [3.8, 4) is 0 Å². The molecule has 1 saturated carbocycles. The number of aryl methyl sites for hydroxylation is 1. The van der Waals surface area contributed by atoms with Crippen LogP contribution < -0.4 is 5.56 Å². The number of fused-ring (bicyclic) bond motifs is 2. The molecule has 1 aliphatic carbocycles. The molecule has 0 bridgehead atoms. The lowest BCUT2D eigenvalue weighted by Crippen LogP contribution is -2.15. The molecule has 0 aliphatic heterocycles. The maximum atomic E-state index is 14.2. The van der Waals surface area contributed by atoms with E-state index in [0.717, 1.165) is 30.7 Å². The van der Waals surface area contributed by atoms with Gasteiger partial charge < -0.3 is 9.55 Å². The van der Waals surface area contributed by atoms with Crippen LogP contribution in [0, 0.1) is 17.6 Å². The number of benzene rings is 1. The average Bonchev–Trinajstić information content (AvgIpc) is 3.01. The highest BCUT2D eigenvalue weighted by molar-refractivity contribution is 5.82. The number of rotatable bonds is 5. The Kier molecular flexibility index (Phi) is 4.34. The molecule has 5 rings (SSSR count). The first-order valence-corrected chi connectivity index (χ1v) is 9.76. The Morgan fingerprint density at radius 2 is 2.00 bits per heavy atom. The van der Waals surface area contributed by atoms with Crippen LogP contribution in [-0.2, 0) is 13.0 Å². The third-order valence-corrected chi connectivity index (χ3v) is 5.79. The smallest absolute Gasteiger partial charge is 0.248 e. The van der Waals surface area contributed by atoms with Crippen LogP contribution in [0.2, 0.25) is 0 Å². The van der Waals surface area contributed by atoms with Crippen LogP contribution in [0.3, 0.4) is 0 Å². The molecule has 6 nitrogen and oxygen atoms in total.